The molecule has 102 valence electrons. The zero-order valence-corrected chi connectivity index (χ0v) is 9.79. The highest BCUT2D eigenvalue weighted by Crippen LogP contribution is 2.31. The SMILES string of the molecule is CCOC(=O)C(C#N)c1ccc(C(F)(F)F)cc1F. The van der Waals surface area contributed by atoms with Crippen molar-refractivity contribution in [2.75, 3.05) is 6.61 Å². The highest BCUT2D eigenvalue weighted by atomic mass is 19.4. The van der Waals surface area contributed by atoms with Gasteiger partial charge in [0.1, 0.15) is 5.82 Å². The fourth-order valence-corrected chi connectivity index (χ4v) is 1.41. The van der Waals surface area contributed by atoms with Gasteiger partial charge in [0.15, 0.2) is 5.92 Å². The van der Waals surface area contributed by atoms with Gasteiger partial charge < -0.3 is 4.74 Å². The second kappa shape index (κ2) is 5.69. The molecule has 0 spiro atoms. The molecule has 0 aromatic heterocycles. The molecule has 1 aromatic rings. The molecule has 0 saturated carbocycles. The Balaban J connectivity index is 3.15. The van der Waals surface area contributed by atoms with Crippen LogP contribution in [0.25, 0.3) is 0 Å². The Labute approximate surface area is 106 Å². The zero-order valence-electron chi connectivity index (χ0n) is 9.79. The molecule has 0 aliphatic heterocycles. The molecule has 0 aliphatic carbocycles. The van der Waals surface area contributed by atoms with Gasteiger partial charge in [0.25, 0.3) is 0 Å². The van der Waals surface area contributed by atoms with E-state index in [0.717, 1.165) is 6.07 Å². The van der Waals surface area contributed by atoms with Gasteiger partial charge in [0.05, 0.1) is 18.2 Å². The topological polar surface area (TPSA) is 50.1 Å². The minimum atomic E-state index is -4.69. The number of alkyl halides is 3. The summed E-state index contributed by atoms with van der Waals surface area (Å²) in [6.07, 6.45) is -4.69. The van der Waals surface area contributed by atoms with E-state index in [1.54, 1.807) is 0 Å². The molecular weight excluding hydrogens is 266 g/mol. The van der Waals surface area contributed by atoms with Crippen LogP contribution in [0, 0.1) is 17.1 Å². The maximum atomic E-state index is 13.6. The number of benzene rings is 1. The van der Waals surface area contributed by atoms with Gasteiger partial charge in [-0.3, -0.25) is 4.79 Å². The Morgan fingerprint density at radius 3 is 2.53 bits per heavy atom. The molecule has 0 amide bonds. The monoisotopic (exact) mass is 275 g/mol. The lowest BCUT2D eigenvalue weighted by atomic mass is 9.98. The van der Waals surface area contributed by atoms with E-state index in [2.05, 4.69) is 4.74 Å². The fraction of sp³-hybridized carbons (Fsp3) is 0.333. The van der Waals surface area contributed by atoms with Crippen LogP contribution in [0.4, 0.5) is 17.6 Å². The molecule has 0 saturated heterocycles. The smallest absolute Gasteiger partial charge is 0.416 e. The number of halogens is 4. The molecule has 1 atom stereocenters. The van der Waals surface area contributed by atoms with E-state index >= 15 is 0 Å². The second-order valence-electron chi connectivity index (χ2n) is 3.55. The first-order valence-electron chi connectivity index (χ1n) is 5.24. The van der Waals surface area contributed by atoms with Crippen molar-refractivity contribution in [3.63, 3.8) is 0 Å². The van der Waals surface area contributed by atoms with Crippen LogP contribution in [0.3, 0.4) is 0 Å². The van der Waals surface area contributed by atoms with Gasteiger partial charge in [-0.05, 0) is 19.1 Å². The average Bonchev–Trinajstić information content (AvgIpc) is 2.31. The van der Waals surface area contributed by atoms with Gasteiger partial charge in [-0.2, -0.15) is 18.4 Å². The lowest BCUT2D eigenvalue weighted by Crippen LogP contribution is -2.16. The molecular formula is C12H9F4NO2. The summed E-state index contributed by atoms with van der Waals surface area (Å²) >= 11 is 0. The Kier molecular flexibility index (Phi) is 4.48. The van der Waals surface area contributed by atoms with Crippen LogP contribution < -0.4 is 0 Å². The van der Waals surface area contributed by atoms with Gasteiger partial charge >= 0.3 is 12.1 Å². The summed E-state index contributed by atoms with van der Waals surface area (Å²) in [5.41, 5.74) is -1.62. The third kappa shape index (κ3) is 3.44. The summed E-state index contributed by atoms with van der Waals surface area (Å²) in [5.74, 6) is -3.85. The van der Waals surface area contributed by atoms with E-state index < -0.39 is 35.0 Å². The predicted octanol–water partition coefficient (Wildman–Crippen LogP) is 3.01. The number of hydrogen-bond donors (Lipinski definition) is 0. The molecule has 1 aromatic carbocycles. The summed E-state index contributed by atoms with van der Waals surface area (Å²) in [6, 6.07) is 3.13. The van der Waals surface area contributed by atoms with Crippen molar-refractivity contribution in [3.8, 4) is 6.07 Å². The molecule has 0 aliphatic rings. The third-order valence-corrected chi connectivity index (χ3v) is 2.29. The standard InChI is InChI=1S/C12H9F4NO2/c1-2-19-11(18)9(6-17)8-4-3-7(5-10(8)13)12(14,15)16/h3-5,9H,2H2,1H3. The number of nitriles is 1. The van der Waals surface area contributed by atoms with Crippen LogP contribution in [-0.4, -0.2) is 12.6 Å². The Hall–Kier alpha value is -2.10. The van der Waals surface area contributed by atoms with Gasteiger partial charge in [0.2, 0.25) is 0 Å². The number of carbonyl (C=O) groups is 1. The normalized spacial score (nSPS) is 12.6. The van der Waals surface area contributed by atoms with Crippen molar-refractivity contribution < 1.29 is 27.1 Å². The number of nitrogens with zero attached hydrogens (tertiary/aromatic N) is 1. The van der Waals surface area contributed by atoms with E-state index in [-0.39, 0.29) is 12.7 Å². The minimum absolute atomic E-state index is 0.0146. The predicted molar refractivity (Wildman–Crippen MR) is 56.4 cm³/mol. The number of hydrogen-bond acceptors (Lipinski definition) is 3. The average molecular weight is 275 g/mol. The van der Waals surface area contributed by atoms with Crippen LogP contribution in [0.15, 0.2) is 18.2 Å². The highest BCUT2D eigenvalue weighted by Gasteiger charge is 2.33. The number of rotatable bonds is 3. The molecule has 0 fully saturated rings. The van der Waals surface area contributed by atoms with E-state index in [4.69, 9.17) is 5.26 Å². The minimum Gasteiger partial charge on any atom is -0.465 e. The highest BCUT2D eigenvalue weighted by molar-refractivity contribution is 5.81. The first-order valence-corrected chi connectivity index (χ1v) is 5.24. The third-order valence-electron chi connectivity index (χ3n) is 2.29. The molecule has 1 rings (SSSR count). The van der Waals surface area contributed by atoms with Gasteiger partial charge in [-0.1, -0.05) is 6.07 Å². The molecule has 0 heterocycles. The molecule has 3 nitrogen and oxygen atoms in total. The maximum absolute atomic E-state index is 13.6. The molecule has 19 heavy (non-hydrogen) atoms. The summed E-state index contributed by atoms with van der Waals surface area (Å²) in [5, 5.41) is 8.79. The number of carbonyl (C=O) groups excluding carboxylic acids is 1. The molecule has 0 N–H and O–H groups in total. The van der Waals surface area contributed by atoms with Crippen molar-refractivity contribution in [3.05, 3.63) is 35.1 Å². The van der Waals surface area contributed by atoms with Crippen molar-refractivity contribution in [2.45, 2.75) is 19.0 Å². The first-order chi connectivity index (χ1) is 8.81. The van der Waals surface area contributed by atoms with E-state index in [1.807, 2.05) is 0 Å². The van der Waals surface area contributed by atoms with Crippen LogP contribution in [0.5, 0.6) is 0 Å². The lowest BCUT2D eigenvalue weighted by molar-refractivity contribution is -0.143. The number of ether oxygens (including phenoxy) is 1. The summed E-state index contributed by atoms with van der Waals surface area (Å²) in [6.45, 7) is 1.48. The fourth-order valence-electron chi connectivity index (χ4n) is 1.41. The van der Waals surface area contributed by atoms with E-state index in [0.29, 0.717) is 6.07 Å². The van der Waals surface area contributed by atoms with Crippen molar-refractivity contribution in [1.29, 1.82) is 5.26 Å². The van der Waals surface area contributed by atoms with Crippen molar-refractivity contribution >= 4 is 5.97 Å². The molecule has 0 bridgehead atoms. The van der Waals surface area contributed by atoms with Gasteiger partial charge in [-0.15, -0.1) is 0 Å². The van der Waals surface area contributed by atoms with Crippen molar-refractivity contribution in [1.82, 2.24) is 0 Å². The Bertz CT molecular complexity index is 519. The molecule has 1 unspecified atom stereocenters. The van der Waals surface area contributed by atoms with Crippen molar-refractivity contribution in [2.24, 2.45) is 0 Å². The molecule has 7 heteroatoms. The second-order valence-corrected chi connectivity index (χ2v) is 3.55. The quantitative estimate of drug-likeness (QED) is 0.629. The Morgan fingerprint density at radius 1 is 1.47 bits per heavy atom. The Morgan fingerprint density at radius 2 is 2.11 bits per heavy atom. The van der Waals surface area contributed by atoms with Gasteiger partial charge in [0, 0.05) is 5.56 Å². The van der Waals surface area contributed by atoms with Crippen LogP contribution >= 0.6 is 0 Å². The van der Waals surface area contributed by atoms with E-state index in [1.165, 1.54) is 13.0 Å². The maximum Gasteiger partial charge on any atom is 0.416 e. The zero-order chi connectivity index (χ0) is 14.6. The lowest BCUT2D eigenvalue weighted by Gasteiger charge is -2.12. The summed E-state index contributed by atoms with van der Waals surface area (Å²) < 4.78 is 55.1. The largest absolute Gasteiger partial charge is 0.465 e. The van der Waals surface area contributed by atoms with Gasteiger partial charge in [-0.25, -0.2) is 4.39 Å². The van der Waals surface area contributed by atoms with Crippen LogP contribution in [0.1, 0.15) is 24.0 Å². The first kappa shape index (κ1) is 15.0. The summed E-state index contributed by atoms with van der Waals surface area (Å²) in [4.78, 5) is 11.4. The summed E-state index contributed by atoms with van der Waals surface area (Å²) in [7, 11) is 0. The van der Waals surface area contributed by atoms with E-state index in [9.17, 15) is 22.4 Å². The van der Waals surface area contributed by atoms with Crippen LogP contribution in [-0.2, 0) is 15.7 Å². The number of esters is 1. The van der Waals surface area contributed by atoms with Crippen LogP contribution in [0.2, 0.25) is 0 Å². The molecule has 0 radical (unpaired) electrons.